The van der Waals surface area contributed by atoms with Crippen molar-refractivity contribution in [1.29, 1.82) is 0 Å². The fourth-order valence-electron chi connectivity index (χ4n) is 4.36. The molecule has 0 aromatic heterocycles. The van der Waals surface area contributed by atoms with Crippen LogP contribution in [0.3, 0.4) is 0 Å². The number of anilines is 1. The van der Waals surface area contributed by atoms with E-state index < -0.39 is 21.7 Å². The summed E-state index contributed by atoms with van der Waals surface area (Å²) >= 11 is 0. The van der Waals surface area contributed by atoms with Gasteiger partial charge in [-0.2, -0.15) is 0 Å². The number of amides is 1. The second-order valence-electron chi connectivity index (χ2n) is 9.24. The molecule has 2 aliphatic rings. The first-order valence-corrected chi connectivity index (χ1v) is 14.6. The maximum Gasteiger partial charge on any atom is 0.235 e. The van der Waals surface area contributed by atoms with Crippen molar-refractivity contribution in [3.05, 3.63) is 35.8 Å². The number of rotatable bonds is 12. The highest BCUT2D eigenvalue weighted by Gasteiger charge is 2.32. The van der Waals surface area contributed by atoms with Crippen molar-refractivity contribution in [1.82, 2.24) is 16.0 Å². The largest absolute Gasteiger partial charge is 0.370 e. The summed E-state index contributed by atoms with van der Waals surface area (Å²) < 4.78 is 23.9. The Morgan fingerprint density at radius 1 is 1.21 bits per heavy atom. The zero-order valence-electron chi connectivity index (χ0n) is 20.0. The molecule has 0 spiro atoms. The Balaban J connectivity index is 1.71. The van der Waals surface area contributed by atoms with E-state index in [1.807, 2.05) is 13.0 Å². The maximum absolute atomic E-state index is 12.8. The van der Waals surface area contributed by atoms with E-state index >= 15 is 0 Å². The third-order valence-corrected chi connectivity index (χ3v) is 8.31. The van der Waals surface area contributed by atoms with Gasteiger partial charge in [0.15, 0.2) is 9.84 Å². The van der Waals surface area contributed by atoms with Crippen molar-refractivity contribution in [2.75, 3.05) is 18.1 Å². The number of allylic oxidation sites excluding steroid dienone is 1. The first-order chi connectivity index (χ1) is 15.7. The molecule has 33 heavy (non-hydrogen) atoms. The lowest BCUT2D eigenvalue weighted by Gasteiger charge is -2.26. The lowest BCUT2D eigenvalue weighted by atomic mass is 9.93. The first kappa shape index (κ1) is 25.8. The standard InChI is InChI=1S/C24H39N4O3PS/c1-4-6-8-16(17-11-12-17)13-14-25-22-20(5-2)27-24(29)21(32)23(28-22)26-18-9-7-10-19(15-18)33(3,30)31/h7,9-10,15-17,21,23,25-26,28H,4-6,8,11-14,32H2,1-3H3,(H,27,29). The highest BCUT2D eigenvalue weighted by molar-refractivity contribution is 7.90. The molecule has 1 aromatic rings. The summed E-state index contributed by atoms with van der Waals surface area (Å²) in [5, 5.41) is 13.4. The monoisotopic (exact) mass is 494 g/mol. The molecule has 7 nitrogen and oxygen atoms in total. The van der Waals surface area contributed by atoms with E-state index in [2.05, 4.69) is 37.4 Å². The van der Waals surface area contributed by atoms with Crippen LogP contribution in [0.1, 0.15) is 58.8 Å². The number of hydrogen-bond donors (Lipinski definition) is 4. The minimum atomic E-state index is -3.32. The van der Waals surface area contributed by atoms with Crippen molar-refractivity contribution in [3.8, 4) is 0 Å². The molecule has 1 heterocycles. The normalized spacial score (nSPS) is 22.2. The maximum atomic E-state index is 12.8. The van der Waals surface area contributed by atoms with Crippen LogP contribution in [0.2, 0.25) is 0 Å². The summed E-state index contributed by atoms with van der Waals surface area (Å²) in [5.74, 6) is 2.38. The van der Waals surface area contributed by atoms with E-state index in [9.17, 15) is 13.2 Å². The fraction of sp³-hybridized carbons (Fsp3) is 0.625. The van der Waals surface area contributed by atoms with Gasteiger partial charge in [-0.15, -0.1) is 9.24 Å². The van der Waals surface area contributed by atoms with E-state index in [4.69, 9.17) is 0 Å². The molecule has 4 atom stereocenters. The number of carbonyl (C=O) groups excluding carboxylic acids is 1. The van der Waals surface area contributed by atoms with Gasteiger partial charge in [0.1, 0.15) is 12.0 Å². The summed E-state index contributed by atoms with van der Waals surface area (Å²) in [4.78, 5) is 13.0. The molecule has 4 N–H and O–H groups in total. The number of unbranched alkanes of at least 4 members (excludes halogenated alkanes) is 1. The average molecular weight is 495 g/mol. The molecule has 4 unspecified atom stereocenters. The predicted octanol–water partition coefficient (Wildman–Crippen LogP) is 3.57. The van der Waals surface area contributed by atoms with Gasteiger partial charge >= 0.3 is 0 Å². The summed E-state index contributed by atoms with van der Waals surface area (Å²) in [6.07, 6.45) is 9.12. The van der Waals surface area contributed by atoms with Crippen molar-refractivity contribution in [3.63, 3.8) is 0 Å². The number of carbonyl (C=O) groups is 1. The molecule has 0 saturated heterocycles. The van der Waals surface area contributed by atoms with Crippen molar-refractivity contribution in [2.45, 2.75) is 75.5 Å². The Morgan fingerprint density at radius 3 is 2.61 bits per heavy atom. The lowest BCUT2D eigenvalue weighted by Crippen LogP contribution is -2.47. The van der Waals surface area contributed by atoms with Crippen LogP contribution in [0, 0.1) is 11.8 Å². The molecule has 1 amide bonds. The van der Waals surface area contributed by atoms with Crippen LogP contribution < -0.4 is 21.3 Å². The van der Waals surface area contributed by atoms with Gasteiger partial charge in [0.25, 0.3) is 0 Å². The molecule has 1 aliphatic heterocycles. The predicted molar refractivity (Wildman–Crippen MR) is 137 cm³/mol. The summed E-state index contributed by atoms with van der Waals surface area (Å²) in [6, 6.07) is 6.68. The number of hydrogen-bond acceptors (Lipinski definition) is 6. The Hall–Kier alpha value is -1.79. The third-order valence-electron chi connectivity index (χ3n) is 6.51. The summed E-state index contributed by atoms with van der Waals surface area (Å²) in [5.41, 5.74) is 1.04. The van der Waals surface area contributed by atoms with E-state index in [0.717, 1.165) is 36.3 Å². The van der Waals surface area contributed by atoms with Crippen LogP contribution in [-0.4, -0.2) is 39.0 Å². The Labute approximate surface area is 201 Å². The zero-order valence-corrected chi connectivity index (χ0v) is 22.0. The van der Waals surface area contributed by atoms with E-state index in [-0.39, 0.29) is 10.8 Å². The van der Waals surface area contributed by atoms with Crippen LogP contribution in [0.4, 0.5) is 5.69 Å². The second-order valence-corrected chi connectivity index (χ2v) is 12.0. The van der Waals surface area contributed by atoms with E-state index in [1.165, 1.54) is 38.4 Å². The topological polar surface area (TPSA) is 99.3 Å². The van der Waals surface area contributed by atoms with Gasteiger partial charge in [0, 0.05) is 18.5 Å². The first-order valence-electron chi connectivity index (χ1n) is 12.1. The van der Waals surface area contributed by atoms with Crippen molar-refractivity contribution < 1.29 is 13.2 Å². The molecular weight excluding hydrogens is 455 g/mol. The Kier molecular flexibility index (Phi) is 9.05. The molecule has 184 valence electrons. The van der Waals surface area contributed by atoms with Crippen molar-refractivity contribution in [2.24, 2.45) is 11.8 Å². The minimum absolute atomic E-state index is 0.100. The third kappa shape index (κ3) is 7.35. The van der Waals surface area contributed by atoms with Crippen LogP contribution in [-0.2, 0) is 14.6 Å². The molecule has 9 heteroatoms. The molecular formula is C24H39N4O3PS. The molecule has 0 radical (unpaired) electrons. The molecule has 1 aromatic carbocycles. The van der Waals surface area contributed by atoms with Gasteiger partial charge < -0.3 is 21.3 Å². The van der Waals surface area contributed by atoms with Gasteiger partial charge in [0.05, 0.1) is 16.3 Å². The van der Waals surface area contributed by atoms with Crippen LogP contribution in [0.15, 0.2) is 40.7 Å². The number of benzene rings is 1. The second kappa shape index (κ2) is 11.6. The molecule has 1 aliphatic carbocycles. The SMILES string of the molecule is CCCCC(CCNC1=C(CC)NC(=O)C(P)C(Nc2cccc(S(C)(=O)=O)c2)N1)C1CC1. The minimum Gasteiger partial charge on any atom is -0.370 e. The van der Waals surface area contributed by atoms with Crippen LogP contribution in [0.5, 0.6) is 0 Å². The number of sulfone groups is 1. The Bertz CT molecular complexity index is 962. The van der Waals surface area contributed by atoms with E-state index in [1.54, 1.807) is 18.2 Å². The quantitative estimate of drug-likeness (QED) is 0.332. The van der Waals surface area contributed by atoms with Gasteiger partial charge in [0.2, 0.25) is 5.91 Å². The number of nitrogens with one attached hydrogen (secondary N) is 4. The zero-order chi connectivity index (χ0) is 24.0. The molecule has 0 bridgehead atoms. The smallest absolute Gasteiger partial charge is 0.235 e. The van der Waals surface area contributed by atoms with Gasteiger partial charge in [-0.1, -0.05) is 39.2 Å². The molecule has 1 fully saturated rings. The van der Waals surface area contributed by atoms with Gasteiger partial charge in [-0.3, -0.25) is 4.79 Å². The van der Waals surface area contributed by atoms with Crippen LogP contribution in [0.25, 0.3) is 0 Å². The van der Waals surface area contributed by atoms with Crippen LogP contribution >= 0.6 is 9.24 Å². The average Bonchev–Trinajstić information content (AvgIpc) is 3.63. The molecule has 3 rings (SSSR count). The highest BCUT2D eigenvalue weighted by Crippen LogP contribution is 2.40. The summed E-state index contributed by atoms with van der Waals surface area (Å²) in [7, 11) is -0.722. The van der Waals surface area contributed by atoms with Gasteiger partial charge in [-0.05, 0) is 55.7 Å². The Morgan fingerprint density at radius 2 is 1.97 bits per heavy atom. The van der Waals surface area contributed by atoms with Gasteiger partial charge in [-0.25, -0.2) is 8.42 Å². The fourth-order valence-corrected chi connectivity index (χ4v) is 5.30. The highest BCUT2D eigenvalue weighted by atomic mass is 32.2. The summed E-state index contributed by atoms with van der Waals surface area (Å²) in [6.45, 7) is 5.12. The van der Waals surface area contributed by atoms with E-state index in [0.29, 0.717) is 12.1 Å². The molecule has 1 saturated carbocycles. The lowest BCUT2D eigenvalue weighted by molar-refractivity contribution is -0.120. The van der Waals surface area contributed by atoms with Crippen molar-refractivity contribution >= 4 is 30.7 Å².